The van der Waals surface area contributed by atoms with E-state index in [2.05, 4.69) is 5.32 Å². The van der Waals surface area contributed by atoms with Gasteiger partial charge in [-0.05, 0) is 31.0 Å². The summed E-state index contributed by atoms with van der Waals surface area (Å²) in [6, 6.07) is 4.23. The van der Waals surface area contributed by atoms with E-state index in [0.29, 0.717) is 12.8 Å². The number of rotatable bonds is 6. The van der Waals surface area contributed by atoms with Crippen LogP contribution in [0.4, 0.5) is 18.9 Å². The number of carbonyl (C=O) groups is 2. The normalized spacial score (nSPS) is 17.2. The zero-order valence-electron chi connectivity index (χ0n) is 14.6. The number of primary amides is 1. The number of carbonyl (C=O) groups excluding carboxylic acids is 2. The Labute approximate surface area is 159 Å². The SMILES string of the molecule is NC(=O)CC(O)C(=O)N1CCC(Nc2cccc(S(=O)(=O)C(F)(F)F)c2)CC1. The molecule has 1 aliphatic rings. The van der Waals surface area contributed by atoms with Crippen LogP contribution in [0.15, 0.2) is 29.2 Å². The minimum Gasteiger partial charge on any atom is -0.383 e. The van der Waals surface area contributed by atoms with Gasteiger partial charge in [0.1, 0.15) is 6.10 Å². The molecular weight excluding hydrogens is 403 g/mol. The number of piperidine rings is 1. The van der Waals surface area contributed by atoms with Crippen LogP contribution in [-0.4, -0.2) is 61.0 Å². The van der Waals surface area contributed by atoms with Crippen molar-refractivity contribution in [3.63, 3.8) is 0 Å². The first-order chi connectivity index (χ1) is 12.9. The van der Waals surface area contributed by atoms with Gasteiger partial charge in [-0.15, -0.1) is 0 Å². The van der Waals surface area contributed by atoms with E-state index < -0.39 is 44.6 Å². The molecule has 0 spiro atoms. The van der Waals surface area contributed by atoms with Crippen LogP contribution in [0.25, 0.3) is 0 Å². The van der Waals surface area contributed by atoms with Gasteiger partial charge < -0.3 is 21.1 Å². The second-order valence-corrected chi connectivity index (χ2v) is 8.35. The lowest BCUT2D eigenvalue weighted by Crippen LogP contribution is -2.47. The van der Waals surface area contributed by atoms with Crippen molar-refractivity contribution in [2.24, 2.45) is 5.73 Å². The predicted molar refractivity (Wildman–Crippen MR) is 92.7 cm³/mol. The third kappa shape index (κ3) is 5.13. The summed E-state index contributed by atoms with van der Waals surface area (Å²) in [5, 5.41) is 12.6. The van der Waals surface area contributed by atoms with E-state index in [-0.39, 0.29) is 24.8 Å². The average Bonchev–Trinajstić information content (AvgIpc) is 2.60. The number of sulfone groups is 1. The van der Waals surface area contributed by atoms with Gasteiger partial charge in [-0.3, -0.25) is 9.59 Å². The van der Waals surface area contributed by atoms with Crippen LogP contribution in [0, 0.1) is 0 Å². The van der Waals surface area contributed by atoms with Crippen LogP contribution in [0.2, 0.25) is 0 Å². The molecule has 0 bridgehead atoms. The maximum atomic E-state index is 12.7. The standard InChI is InChI=1S/C16H20F3N3O5S/c17-16(18,19)28(26,27)12-3-1-2-11(8-12)21-10-4-6-22(7-5-10)15(25)13(23)9-14(20)24/h1-3,8,10,13,21,23H,4-7,9H2,(H2,20,24). The van der Waals surface area contributed by atoms with E-state index in [1.165, 1.54) is 17.0 Å². The van der Waals surface area contributed by atoms with Crippen LogP contribution in [-0.2, 0) is 19.4 Å². The molecule has 1 heterocycles. The van der Waals surface area contributed by atoms with Crippen LogP contribution in [0.5, 0.6) is 0 Å². The molecule has 4 N–H and O–H groups in total. The third-order valence-corrected chi connectivity index (χ3v) is 5.79. The topological polar surface area (TPSA) is 130 Å². The highest BCUT2D eigenvalue weighted by Gasteiger charge is 2.46. The Balaban J connectivity index is 1.98. The molecule has 1 saturated heterocycles. The second kappa shape index (κ2) is 8.35. The van der Waals surface area contributed by atoms with Gasteiger partial charge in [-0.25, -0.2) is 8.42 Å². The number of nitrogens with one attached hydrogen (secondary N) is 1. The summed E-state index contributed by atoms with van der Waals surface area (Å²) in [6.45, 7) is 0.514. The van der Waals surface area contributed by atoms with Crippen LogP contribution >= 0.6 is 0 Å². The van der Waals surface area contributed by atoms with Gasteiger partial charge in [0, 0.05) is 24.8 Å². The molecule has 156 valence electrons. The van der Waals surface area contributed by atoms with Crippen molar-refractivity contribution in [1.82, 2.24) is 4.90 Å². The monoisotopic (exact) mass is 423 g/mol. The minimum atomic E-state index is -5.44. The van der Waals surface area contributed by atoms with Gasteiger partial charge in [0.05, 0.1) is 11.3 Å². The number of halogens is 3. The number of hydrogen-bond donors (Lipinski definition) is 3. The van der Waals surface area contributed by atoms with Crippen molar-refractivity contribution in [3.8, 4) is 0 Å². The highest BCUT2D eigenvalue weighted by Crippen LogP contribution is 2.31. The summed E-state index contributed by atoms with van der Waals surface area (Å²) in [4.78, 5) is 23.3. The summed E-state index contributed by atoms with van der Waals surface area (Å²) in [7, 11) is -5.44. The molecule has 1 aliphatic heterocycles. The highest BCUT2D eigenvalue weighted by molar-refractivity contribution is 7.92. The fraction of sp³-hybridized carbons (Fsp3) is 0.500. The summed E-state index contributed by atoms with van der Waals surface area (Å²) >= 11 is 0. The van der Waals surface area contributed by atoms with Crippen molar-refractivity contribution >= 4 is 27.3 Å². The fourth-order valence-electron chi connectivity index (χ4n) is 2.86. The van der Waals surface area contributed by atoms with Crippen molar-refractivity contribution in [3.05, 3.63) is 24.3 Å². The molecule has 12 heteroatoms. The molecule has 1 unspecified atom stereocenters. The summed E-state index contributed by atoms with van der Waals surface area (Å²) in [6.07, 6.45) is -1.14. The Kier molecular flexibility index (Phi) is 6.55. The van der Waals surface area contributed by atoms with Gasteiger partial charge in [0.15, 0.2) is 0 Å². The number of aliphatic hydroxyl groups excluding tert-OH is 1. The first-order valence-electron chi connectivity index (χ1n) is 8.35. The fourth-order valence-corrected chi connectivity index (χ4v) is 3.66. The van der Waals surface area contributed by atoms with Crippen molar-refractivity contribution in [2.45, 2.75) is 41.8 Å². The Morgan fingerprint density at radius 2 is 1.89 bits per heavy atom. The van der Waals surface area contributed by atoms with E-state index in [1.54, 1.807) is 0 Å². The maximum Gasteiger partial charge on any atom is 0.501 e. The van der Waals surface area contributed by atoms with E-state index in [9.17, 15) is 36.3 Å². The van der Waals surface area contributed by atoms with E-state index in [1.807, 2.05) is 0 Å². The molecule has 0 radical (unpaired) electrons. The number of nitrogens with zero attached hydrogens (tertiary/aromatic N) is 1. The number of amides is 2. The van der Waals surface area contributed by atoms with Gasteiger partial charge in [-0.2, -0.15) is 13.2 Å². The zero-order valence-corrected chi connectivity index (χ0v) is 15.5. The maximum absolute atomic E-state index is 12.7. The molecule has 2 rings (SSSR count). The van der Waals surface area contributed by atoms with Gasteiger partial charge in [-0.1, -0.05) is 6.07 Å². The van der Waals surface area contributed by atoms with Crippen LogP contribution < -0.4 is 11.1 Å². The lowest BCUT2D eigenvalue weighted by atomic mass is 10.0. The van der Waals surface area contributed by atoms with Crippen molar-refractivity contribution in [1.29, 1.82) is 0 Å². The Morgan fingerprint density at radius 1 is 1.29 bits per heavy atom. The van der Waals surface area contributed by atoms with Gasteiger partial charge in [0.25, 0.3) is 15.7 Å². The van der Waals surface area contributed by atoms with E-state index in [0.717, 1.165) is 12.1 Å². The van der Waals surface area contributed by atoms with Crippen molar-refractivity contribution in [2.75, 3.05) is 18.4 Å². The number of benzene rings is 1. The zero-order chi connectivity index (χ0) is 21.1. The number of nitrogens with two attached hydrogens (primary N) is 1. The van der Waals surface area contributed by atoms with Gasteiger partial charge >= 0.3 is 5.51 Å². The molecule has 0 saturated carbocycles. The van der Waals surface area contributed by atoms with E-state index >= 15 is 0 Å². The number of anilines is 1. The second-order valence-electron chi connectivity index (χ2n) is 6.41. The van der Waals surface area contributed by atoms with Gasteiger partial charge in [0.2, 0.25) is 5.91 Å². The minimum absolute atomic E-state index is 0.207. The lowest BCUT2D eigenvalue weighted by molar-refractivity contribution is -0.143. The Hall–Kier alpha value is -2.34. The first-order valence-corrected chi connectivity index (χ1v) is 9.83. The van der Waals surface area contributed by atoms with E-state index in [4.69, 9.17) is 5.73 Å². The smallest absolute Gasteiger partial charge is 0.383 e. The summed E-state index contributed by atoms with van der Waals surface area (Å²) in [5.74, 6) is -1.42. The number of hydrogen-bond acceptors (Lipinski definition) is 6. The number of likely N-dealkylation sites (tertiary alicyclic amines) is 1. The molecule has 1 aromatic rings. The van der Waals surface area contributed by atoms with Crippen molar-refractivity contribution < 1.29 is 36.3 Å². The predicted octanol–water partition coefficient (Wildman–Crippen LogP) is 0.619. The molecule has 1 fully saturated rings. The average molecular weight is 423 g/mol. The molecule has 1 atom stereocenters. The molecule has 0 aromatic heterocycles. The molecular formula is C16H20F3N3O5S. The molecule has 2 amide bonds. The molecule has 8 nitrogen and oxygen atoms in total. The number of alkyl halides is 3. The highest BCUT2D eigenvalue weighted by atomic mass is 32.2. The van der Waals surface area contributed by atoms with Crippen LogP contribution in [0.1, 0.15) is 19.3 Å². The number of aliphatic hydroxyl groups is 1. The molecule has 0 aliphatic carbocycles. The Morgan fingerprint density at radius 3 is 2.43 bits per heavy atom. The van der Waals surface area contributed by atoms with Crippen LogP contribution in [0.3, 0.4) is 0 Å². The quantitative estimate of drug-likeness (QED) is 0.615. The lowest BCUT2D eigenvalue weighted by Gasteiger charge is -2.34. The summed E-state index contributed by atoms with van der Waals surface area (Å²) in [5.41, 5.74) is -0.229. The molecule has 28 heavy (non-hydrogen) atoms. The molecule has 1 aromatic carbocycles. The largest absolute Gasteiger partial charge is 0.501 e. The summed E-state index contributed by atoms with van der Waals surface area (Å²) < 4.78 is 61.0. The third-order valence-electron chi connectivity index (χ3n) is 4.31. The Bertz CT molecular complexity index is 836. The first kappa shape index (κ1) is 22.0.